The van der Waals surface area contributed by atoms with Crippen molar-refractivity contribution < 1.29 is 19.5 Å². The minimum atomic E-state index is -0.999. The van der Waals surface area contributed by atoms with Gasteiger partial charge in [0.05, 0.1) is 19.8 Å². The molecule has 0 rings (SSSR count). The third-order valence-electron chi connectivity index (χ3n) is 2.85. The average molecular weight is 261 g/mol. The van der Waals surface area contributed by atoms with Crippen molar-refractivity contribution in [1.29, 1.82) is 0 Å². The maximum atomic E-state index is 11.9. The fraction of sp³-hybridized carbons (Fsp3) is 0.818. The van der Waals surface area contributed by atoms with E-state index in [0.717, 1.165) is 0 Å². The van der Waals surface area contributed by atoms with Gasteiger partial charge >= 0.3 is 0 Å². The van der Waals surface area contributed by atoms with Gasteiger partial charge in [0, 0.05) is 13.7 Å². The SMILES string of the molecule is CCC(C)(C(=O)NCCOCCOC)C(N)=NO. The molecular formula is C11H23N3O4. The predicted molar refractivity (Wildman–Crippen MR) is 67.5 cm³/mol. The number of amidine groups is 1. The van der Waals surface area contributed by atoms with Crippen LogP contribution in [0.25, 0.3) is 0 Å². The van der Waals surface area contributed by atoms with Crippen molar-refractivity contribution in [2.45, 2.75) is 20.3 Å². The molecule has 0 aromatic heterocycles. The number of oxime groups is 1. The highest BCUT2D eigenvalue weighted by molar-refractivity contribution is 6.06. The Kier molecular flexibility index (Phi) is 8.06. The van der Waals surface area contributed by atoms with Crippen LogP contribution in [0, 0.1) is 5.41 Å². The van der Waals surface area contributed by atoms with Crippen molar-refractivity contribution in [1.82, 2.24) is 5.32 Å². The fourth-order valence-corrected chi connectivity index (χ4v) is 1.24. The van der Waals surface area contributed by atoms with Crippen LogP contribution < -0.4 is 11.1 Å². The summed E-state index contributed by atoms with van der Waals surface area (Å²) in [7, 11) is 1.59. The summed E-state index contributed by atoms with van der Waals surface area (Å²) in [5.41, 5.74) is 4.53. The summed E-state index contributed by atoms with van der Waals surface area (Å²) >= 11 is 0. The first-order valence-electron chi connectivity index (χ1n) is 5.85. The maximum absolute atomic E-state index is 11.9. The van der Waals surface area contributed by atoms with Crippen LogP contribution in [0.1, 0.15) is 20.3 Å². The summed E-state index contributed by atoms with van der Waals surface area (Å²) in [6, 6.07) is 0. The van der Waals surface area contributed by atoms with E-state index in [4.69, 9.17) is 20.4 Å². The van der Waals surface area contributed by atoms with Gasteiger partial charge in [-0.1, -0.05) is 12.1 Å². The van der Waals surface area contributed by atoms with Crippen molar-refractivity contribution >= 4 is 11.7 Å². The molecule has 18 heavy (non-hydrogen) atoms. The Morgan fingerprint density at radius 1 is 1.44 bits per heavy atom. The molecule has 0 bridgehead atoms. The molecule has 1 atom stereocenters. The van der Waals surface area contributed by atoms with Crippen molar-refractivity contribution in [3.8, 4) is 0 Å². The Morgan fingerprint density at radius 3 is 2.61 bits per heavy atom. The molecule has 1 amide bonds. The molecule has 0 spiro atoms. The van der Waals surface area contributed by atoms with Gasteiger partial charge in [-0.15, -0.1) is 0 Å². The number of methoxy groups -OCH3 is 1. The molecule has 0 aliphatic carbocycles. The maximum Gasteiger partial charge on any atom is 0.233 e. The van der Waals surface area contributed by atoms with Crippen LogP contribution in [0.5, 0.6) is 0 Å². The summed E-state index contributed by atoms with van der Waals surface area (Å²) in [5, 5.41) is 14.3. The van der Waals surface area contributed by atoms with Gasteiger partial charge in [0.1, 0.15) is 5.41 Å². The van der Waals surface area contributed by atoms with Gasteiger partial charge in [-0.05, 0) is 13.3 Å². The Hall–Kier alpha value is -1.34. The first kappa shape index (κ1) is 16.7. The number of nitrogens with zero attached hydrogens (tertiary/aromatic N) is 1. The van der Waals surface area contributed by atoms with Gasteiger partial charge in [0.15, 0.2) is 5.84 Å². The standard InChI is InChI=1S/C11H23N3O4/c1-4-11(2,9(12)14-16)10(15)13-5-6-18-8-7-17-3/h16H,4-8H2,1-3H3,(H2,12,14)(H,13,15). The second kappa shape index (κ2) is 8.71. The Balaban J connectivity index is 4.07. The van der Waals surface area contributed by atoms with Crippen LogP contribution in [-0.4, -0.2) is 50.4 Å². The molecule has 4 N–H and O–H groups in total. The second-order valence-corrected chi connectivity index (χ2v) is 4.03. The molecule has 1 unspecified atom stereocenters. The number of ether oxygens (including phenoxy) is 2. The summed E-state index contributed by atoms with van der Waals surface area (Å²) in [4.78, 5) is 11.9. The lowest BCUT2D eigenvalue weighted by Gasteiger charge is -2.25. The molecule has 0 saturated carbocycles. The Labute approximate surface area is 107 Å². The van der Waals surface area contributed by atoms with Gasteiger partial charge < -0.3 is 25.7 Å². The second-order valence-electron chi connectivity index (χ2n) is 4.03. The molecule has 0 aliphatic heterocycles. The van der Waals surface area contributed by atoms with Crippen molar-refractivity contribution in [3.05, 3.63) is 0 Å². The van der Waals surface area contributed by atoms with Gasteiger partial charge in [-0.2, -0.15) is 0 Å². The Morgan fingerprint density at radius 2 is 2.11 bits per heavy atom. The number of amides is 1. The number of hydrogen-bond donors (Lipinski definition) is 3. The van der Waals surface area contributed by atoms with Crippen molar-refractivity contribution in [2.24, 2.45) is 16.3 Å². The van der Waals surface area contributed by atoms with Crippen molar-refractivity contribution in [3.63, 3.8) is 0 Å². The normalized spacial score (nSPS) is 15.2. The molecule has 106 valence electrons. The minimum Gasteiger partial charge on any atom is -0.409 e. The topological polar surface area (TPSA) is 106 Å². The van der Waals surface area contributed by atoms with Crippen LogP contribution >= 0.6 is 0 Å². The summed E-state index contributed by atoms with van der Waals surface area (Å²) in [6.07, 6.45) is 0.444. The number of hydrogen-bond acceptors (Lipinski definition) is 5. The summed E-state index contributed by atoms with van der Waals surface area (Å²) < 4.78 is 10.0. The fourth-order valence-electron chi connectivity index (χ4n) is 1.24. The first-order valence-corrected chi connectivity index (χ1v) is 5.85. The summed E-state index contributed by atoms with van der Waals surface area (Å²) in [5.74, 6) is -0.376. The van der Waals surface area contributed by atoms with Crippen LogP contribution in [0.4, 0.5) is 0 Å². The quantitative estimate of drug-likeness (QED) is 0.177. The molecule has 0 fully saturated rings. The number of carbonyl (C=O) groups is 1. The zero-order valence-corrected chi connectivity index (χ0v) is 11.2. The van der Waals surface area contributed by atoms with Crippen LogP contribution in [-0.2, 0) is 14.3 Å². The smallest absolute Gasteiger partial charge is 0.233 e. The van der Waals surface area contributed by atoms with Crippen molar-refractivity contribution in [2.75, 3.05) is 33.5 Å². The van der Waals surface area contributed by atoms with E-state index in [9.17, 15) is 4.79 Å². The zero-order valence-electron chi connectivity index (χ0n) is 11.2. The molecule has 0 aromatic carbocycles. The lowest BCUT2D eigenvalue weighted by Crippen LogP contribution is -2.48. The Bertz CT molecular complexity index is 283. The third kappa shape index (κ3) is 4.89. The largest absolute Gasteiger partial charge is 0.409 e. The van der Waals surface area contributed by atoms with E-state index < -0.39 is 5.41 Å². The van der Waals surface area contributed by atoms with Gasteiger partial charge in [-0.3, -0.25) is 4.79 Å². The zero-order chi connectivity index (χ0) is 14.0. The molecule has 0 aliphatic rings. The first-order chi connectivity index (χ1) is 8.52. The van der Waals surface area contributed by atoms with Gasteiger partial charge in [0.2, 0.25) is 5.91 Å². The van der Waals surface area contributed by atoms with E-state index in [0.29, 0.717) is 32.8 Å². The van der Waals surface area contributed by atoms with E-state index in [1.165, 1.54) is 0 Å². The highest BCUT2D eigenvalue weighted by Crippen LogP contribution is 2.21. The molecule has 7 nitrogen and oxygen atoms in total. The average Bonchev–Trinajstić information content (AvgIpc) is 2.40. The highest BCUT2D eigenvalue weighted by Gasteiger charge is 2.35. The van der Waals surface area contributed by atoms with E-state index >= 15 is 0 Å². The predicted octanol–water partition coefficient (Wildman–Crippen LogP) is -0.0717. The monoisotopic (exact) mass is 261 g/mol. The third-order valence-corrected chi connectivity index (χ3v) is 2.85. The lowest BCUT2D eigenvalue weighted by molar-refractivity contribution is -0.127. The van der Waals surface area contributed by atoms with Crippen LogP contribution in [0.2, 0.25) is 0 Å². The van der Waals surface area contributed by atoms with Crippen LogP contribution in [0.3, 0.4) is 0 Å². The molecule has 0 saturated heterocycles. The van der Waals surface area contributed by atoms with E-state index in [1.807, 2.05) is 0 Å². The summed E-state index contributed by atoms with van der Waals surface area (Å²) in [6.45, 7) is 5.19. The number of rotatable bonds is 9. The molecular weight excluding hydrogens is 238 g/mol. The van der Waals surface area contributed by atoms with Gasteiger partial charge in [0.25, 0.3) is 0 Å². The van der Waals surface area contributed by atoms with E-state index in [1.54, 1.807) is 21.0 Å². The number of nitrogens with one attached hydrogen (secondary N) is 1. The van der Waals surface area contributed by atoms with Gasteiger partial charge in [-0.25, -0.2) is 0 Å². The van der Waals surface area contributed by atoms with E-state index in [2.05, 4.69) is 10.5 Å². The van der Waals surface area contributed by atoms with E-state index in [-0.39, 0.29) is 11.7 Å². The molecule has 7 heteroatoms. The minimum absolute atomic E-state index is 0.0946. The molecule has 0 aromatic rings. The molecule has 0 radical (unpaired) electrons. The number of carbonyl (C=O) groups excluding carboxylic acids is 1. The molecule has 0 heterocycles. The van der Waals surface area contributed by atoms with Crippen LogP contribution in [0.15, 0.2) is 5.16 Å². The lowest BCUT2D eigenvalue weighted by atomic mass is 9.85. The highest BCUT2D eigenvalue weighted by atomic mass is 16.5. The number of nitrogens with two attached hydrogens (primary N) is 1.